The second-order valence-corrected chi connectivity index (χ2v) is 4.97. The third-order valence-corrected chi connectivity index (χ3v) is 3.02. The molecule has 4 N–H and O–H groups in total. The van der Waals surface area contributed by atoms with Gasteiger partial charge in [0.05, 0.1) is 5.69 Å². The molecule has 5 nitrogen and oxygen atoms in total. The van der Waals surface area contributed by atoms with E-state index in [0.717, 1.165) is 11.3 Å². The Kier molecular flexibility index (Phi) is 4.66. The molecule has 0 radical (unpaired) electrons. The first kappa shape index (κ1) is 14.7. The van der Waals surface area contributed by atoms with Crippen LogP contribution in [0.1, 0.15) is 36.6 Å². The fourth-order valence-corrected chi connectivity index (χ4v) is 1.89. The smallest absolute Gasteiger partial charge is 0.211 e. The molecule has 1 aromatic heterocycles. The molecule has 0 saturated carbocycles. The zero-order valence-electron chi connectivity index (χ0n) is 12.2. The first-order valence-electron chi connectivity index (χ1n) is 6.76. The van der Waals surface area contributed by atoms with Crippen LogP contribution < -0.4 is 11.5 Å². The molecule has 0 aliphatic rings. The van der Waals surface area contributed by atoms with E-state index in [2.05, 4.69) is 41.2 Å². The van der Waals surface area contributed by atoms with Crippen molar-refractivity contribution in [1.29, 1.82) is 0 Å². The molecule has 0 amide bonds. The number of nitrogens with zero attached hydrogens (tertiary/aromatic N) is 3. The molecule has 108 valence electrons. The lowest BCUT2D eigenvalue weighted by Gasteiger charge is -2.08. The number of hydrogen-bond acceptors (Lipinski definition) is 3. The second kappa shape index (κ2) is 6.65. The highest BCUT2D eigenvalue weighted by molar-refractivity contribution is 6.11. The average Bonchev–Trinajstić information content (AvgIpc) is 2.49. The molecule has 21 heavy (non-hydrogen) atoms. The van der Waals surface area contributed by atoms with Gasteiger partial charge in [-0.05, 0) is 23.6 Å². The minimum absolute atomic E-state index is 0.0813. The van der Waals surface area contributed by atoms with Crippen molar-refractivity contribution in [3.05, 3.63) is 65.5 Å². The van der Waals surface area contributed by atoms with Gasteiger partial charge in [-0.1, -0.05) is 44.2 Å². The van der Waals surface area contributed by atoms with Crippen molar-refractivity contribution < 1.29 is 0 Å². The Balaban J connectivity index is 2.45. The predicted octanol–water partition coefficient (Wildman–Crippen LogP) is 2.23. The average molecular weight is 281 g/mol. The van der Waals surface area contributed by atoms with E-state index >= 15 is 0 Å². The highest BCUT2D eigenvalue weighted by atomic mass is 15.3. The number of guanidine groups is 1. The molecule has 1 aromatic carbocycles. The summed E-state index contributed by atoms with van der Waals surface area (Å²) in [5, 5.41) is 7.89. The molecular weight excluding hydrogens is 262 g/mol. The summed E-state index contributed by atoms with van der Waals surface area (Å²) in [7, 11) is 0. The molecule has 0 aliphatic heterocycles. The van der Waals surface area contributed by atoms with E-state index in [1.54, 1.807) is 6.20 Å². The van der Waals surface area contributed by atoms with E-state index in [1.807, 2.05) is 30.3 Å². The van der Waals surface area contributed by atoms with Gasteiger partial charge in [-0.2, -0.15) is 0 Å². The van der Waals surface area contributed by atoms with Crippen LogP contribution in [-0.2, 0) is 0 Å². The highest BCUT2D eigenvalue weighted by Crippen LogP contribution is 2.17. The van der Waals surface area contributed by atoms with Crippen molar-refractivity contribution in [3.8, 4) is 0 Å². The number of pyridine rings is 1. The van der Waals surface area contributed by atoms with Crippen LogP contribution in [0.3, 0.4) is 0 Å². The maximum atomic E-state index is 5.36. The van der Waals surface area contributed by atoms with E-state index in [0.29, 0.717) is 11.6 Å². The third kappa shape index (κ3) is 3.89. The Morgan fingerprint density at radius 3 is 2.24 bits per heavy atom. The molecule has 2 aromatic rings. The molecule has 2 rings (SSSR count). The van der Waals surface area contributed by atoms with Crippen molar-refractivity contribution in [2.45, 2.75) is 19.8 Å². The maximum absolute atomic E-state index is 5.36. The lowest BCUT2D eigenvalue weighted by molar-refractivity contribution is 0.866. The molecular formula is C16H19N5. The topological polar surface area (TPSA) is 89.6 Å². The number of nitrogens with two attached hydrogens (primary N) is 2. The van der Waals surface area contributed by atoms with Gasteiger partial charge in [-0.15, -0.1) is 10.2 Å². The van der Waals surface area contributed by atoms with E-state index in [9.17, 15) is 0 Å². The van der Waals surface area contributed by atoms with E-state index in [4.69, 9.17) is 11.5 Å². The summed E-state index contributed by atoms with van der Waals surface area (Å²) in [5.41, 5.74) is 14.3. The zero-order chi connectivity index (χ0) is 15.2. The summed E-state index contributed by atoms with van der Waals surface area (Å²) in [6, 6.07) is 13.8. The standard InChI is InChI=1S/C16H19N5/c1-11(2)12-6-8-13(9-7-12)15(20-21-16(17)18)14-5-3-4-10-19-14/h3-11H,1-2H3,(H4,17,18,21)/b20-15-. The molecule has 0 saturated heterocycles. The van der Waals surface area contributed by atoms with Crippen molar-refractivity contribution in [1.82, 2.24) is 4.98 Å². The summed E-state index contributed by atoms with van der Waals surface area (Å²) in [5.74, 6) is 0.397. The van der Waals surface area contributed by atoms with Crippen LogP contribution in [0.15, 0.2) is 58.9 Å². The van der Waals surface area contributed by atoms with Crippen molar-refractivity contribution in [3.63, 3.8) is 0 Å². The van der Waals surface area contributed by atoms with Gasteiger partial charge in [-0.25, -0.2) is 0 Å². The summed E-state index contributed by atoms with van der Waals surface area (Å²) in [6.45, 7) is 4.31. The highest BCUT2D eigenvalue weighted by Gasteiger charge is 2.09. The number of benzene rings is 1. The van der Waals surface area contributed by atoms with Crippen LogP contribution in [0.4, 0.5) is 0 Å². The normalized spacial score (nSPS) is 11.5. The first-order chi connectivity index (χ1) is 10.1. The third-order valence-electron chi connectivity index (χ3n) is 3.02. The van der Waals surface area contributed by atoms with Gasteiger partial charge in [0, 0.05) is 11.8 Å². The van der Waals surface area contributed by atoms with Crippen LogP contribution in [0, 0.1) is 0 Å². The Bertz CT molecular complexity index is 638. The predicted molar refractivity (Wildman–Crippen MR) is 86.2 cm³/mol. The molecule has 0 atom stereocenters. The van der Waals surface area contributed by atoms with Gasteiger partial charge in [-0.3, -0.25) is 4.98 Å². The Hall–Kier alpha value is -2.69. The van der Waals surface area contributed by atoms with Crippen LogP contribution >= 0.6 is 0 Å². The Morgan fingerprint density at radius 2 is 1.71 bits per heavy atom. The van der Waals surface area contributed by atoms with Crippen LogP contribution in [0.25, 0.3) is 0 Å². The maximum Gasteiger partial charge on any atom is 0.211 e. The van der Waals surface area contributed by atoms with Crippen molar-refractivity contribution in [2.75, 3.05) is 0 Å². The zero-order valence-corrected chi connectivity index (χ0v) is 12.2. The summed E-state index contributed by atoms with van der Waals surface area (Å²) < 4.78 is 0. The van der Waals surface area contributed by atoms with Crippen molar-refractivity contribution in [2.24, 2.45) is 21.7 Å². The summed E-state index contributed by atoms with van der Waals surface area (Å²) in [6.07, 6.45) is 1.71. The van der Waals surface area contributed by atoms with E-state index in [1.165, 1.54) is 5.56 Å². The number of hydrogen-bond donors (Lipinski definition) is 2. The van der Waals surface area contributed by atoms with Crippen LogP contribution in [-0.4, -0.2) is 16.7 Å². The van der Waals surface area contributed by atoms with E-state index in [-0.39, 0.29) is 5.96 Å². The van der Waals surface area contributed by atoms with Gasteiger partial charge >= 0.3 is 0 Å². The van der Waals surface area contributed by atoms with Crippen LogP contribution in [0.5, 0.6) is 0 Å². The fourth-order valence-electron chi connectivity index (χ4n) is 1.89. The van der Waals surface area contributed by atoms with Gasteiger partial charge in [0.25, 0.3) is 0 Å². The second-order valence-electron chi connectivity index (χ2n) is 4.97. The fraction of sp³-hybridized carbons (Fsp3) is 0.188. The van der Waals surface area contributed by atoms with Gasteiger partial charge in [0.1, 0.15) is 5.71 Å². The molecule has 1 heterocycles. The molecule has 0 fully saturated rings. The molecule has 0 aliphatic carbocycles. The SMILES string of the molecule is CC(C)c1ccc(/C(=N/N=C(N)N)c2ccccn2)cc1. The monoisotopic (exact) mass is 281 g/mol. The lowest BCUT2D eigenvalue weighted by Crippen LogP contribution is -2.22. The number of aromatic nitrogens is 1. The van der Waals surface area contributed by atoms with Crippen LogP contribution in [0.2, 0.25) is 0 Å². The summed E-state index contributed by atoms with van der Waals surface area (Å²) >= 11 is 0. The summed E-state index contributed by atoms with van der Waals surface area (Å²) in [4.78, 5) is 4.31. The molecule has 0 spiro atoms. The first-order valence-corrected chi connectivity index (χ1v) is 6.76. The molecule has 0 bridgehead atoms. The lowest BCUT2D eigenvalue weighted by atomic mass is 9.99. The molecule has 0 unspecified atom stereocenters. The van der Waals surface area contributed by atoms with Gasteiger partial charge in [0.15, 0.2) is 0 Å². The minimum atomic E-state index is -0.0813. The minimum Gasteiger partial charge on any atom is -0.369 e. The largest absolute Gasteiger partial charge is 0.369 e. The number of rotatable bonds is 4. The molecule has 5 heteroatoms. The van der Waals surface area contributed by atoms with Gasteiger partial charge < -0.3 is 11.5 Å². The van der Waals surface area contributed by atoms with Crippen molar-refractivity contribution >= 4 is 11.7 Å². The Morgan fingerprint density at radius 1 is 1.00 bits per heavy atom. The van der Waals surface area contributed by atoms with E-state index < -0.39 is 0 Å². The quantitative estimate of drug-likeness (QED) is 0.511. The Labute approximate surface area is 124 Å². The van der Waals surface area contributed by atoms with Gasteiger partial charge in [0.2, 0.25) is 5.96 Å².